The minimum absolute atomic E-state index is 0.0858. The van der Waals surface area contributed by atoms with Crippen LogP contribution < -0.4 is 5.32 Å². The van der Waals surface area contributed by atoms with E-state index in [4.69, 9.17) is 11.6 Å². The zero-order valence-corrected chi connectivity index (χ0v) is 13.5. The predicted octanol–water partition coefficient (Wildman–Crippen LogP) is 2.39. The number of anilines is 1. The average molecular weight is 338 g/mol. The van der Waals surface area contributed by atoms with Crippen molar-refractivity contribution >= 4 is 29.3 Å². The Morgan fingerprint density at radius 1 is 1.35 bits per heavy atom. The van der Waals surface area contributed by atoms with Crippen molar-refractivity contribution in [3.05, 3.63) is 23.4 Å². The summed E-state index contributed by atoms with van der Waals surface area (Å²) in [4.78, 5) is 29.7. The van der Waals surface area contributed by atoms with Crippen LogP contribution in [-0.4, -0.2) is 45.5 Å². The molecule has 1 saturated carbocycles. The topological polar surface area (TPSA) is 82.5 Å². The standard InChI is InChI=1S/C16H20ClN3O3/c17-11-5-6-14(18-8-11)19-15(21)9-20-12-4-2-1-3-10(12)7-13(20)16(22)23/h5-6,8,10,12-13H,1-4,7,9H2,(H,22,23)(H,18,19,21). The molecule has 2 N–H and O–H groups in total. The number of carboxylic acid groups (broad SMARTS) is 1. The molecule has 1 aliphatic heterocycles. The molecule has 23 heavy (non-hydrogen) atoms. The van der Waals surface area contributed by atoms with Gasteiger partial charge in [0.05, 0.1) is 11.6 Å². The van der Waals surface area contributed by atoms with Gasteiger partial charge in [-0.05, 0) is 37.3 Å². The fourth-order valence-electron chi connectivity index (χ4n) is 3.82. The summed E-state index contributed by atoms with van der Waals surface area (Å²) in [5, 5.41) is 12.7. The molecule has 3 unspecified atom stereocenters. The summed E-state index contributed by atoms with van der Waals surface area (Å²) in [5.41, 5.74) is 0. The van der Waals surface area contributed by atoms with E-state index >= 15 is 0 Å². The molecule has 1 amide bonds. The molecule has 3 rings (SSSR count). The van der Waals surface area contributed by atoms with Gasteiger partial charge in [-0.2, -0.15) is 0 Å². The highest BCUT2D eigenvalue weighted by molar-refractivity contribution is 6.30. The van der Waals surface area contributed by atoms with Crippen molar-refractivity contribution in [3.63, 3.8) is 0 Å². The van der Waals surface area contributed by atoms with Crippen LogP contribution in [0.4, 0.5) is 5.82 Å². The third-order valence-corrected chi connectivity index (χ3v) is 5.05. The molecule has 0 radical (unpaired) electrons. The number of pyridine rings is 1. The highest BCUT2D eigenvalue weighted by Crippen LogP contribution is 2.39. The first-order chi connectivity index (χ1) is 11.0. The van der Waals surface area contributed by atoms with E-state index in [1.807, 2.05) is 4.90 Å². The van der Waals surface area contributed by atoms with Crippen LogP contribution in [0.25, 0.3) is 0 Å². The lowest BCUT2D eigenvalue weighted by molar-refractivity contribution is -0.143. The lowest BCUT2D eigenvalue weighted by Gasteiger charge is -2.32. The van der Waals surface area contributed by atoms with Crippen LogP contribution in [-0.2, 0) is 9.59 Å². The first kappa shape index (κ1) is 16.2. The van der Waals surface area contributed by atoms with E-state index in [1.54, 1.807) is 12.1 Å². The molecule has 1 aromatic heterocycles. The smallest absolute Gasteiger partial charge is 0.320 e. The third kappa shape index (κ3) is 3.64. The summed E-state index contributed by atoms with van der Waals surface area (Å²) in [5.74, 6) is -0.258. The van der Waals surface area contributed by atoms with Crippen LogP contribution in [0.3, 0.4) is 0 Å². The molecule has 2 aliphatic rings. The summed E-state index contributed by atoms with van der Waals surface area (Å²) in [7, 11) is 0. The molecule has 1 saturated heterocycles. The number of likely N-dealkylation sites (tertiary alicyclic amines) is 1. The molecule has 1 aromatic rings. The maximum atomic E-state index is 12.3. The second kappa shape index (κ2) is 6.84. The number of nitrogens with zero attached hydrogens (tertiary/aromatic N) is 2. The number of fused-ring (bicyclic) bond motifs is 1. The maximum Gasteiger partial charge on any atom is 0.320 e. The van der Waals surface area contributed by atoms with E-state index < -0.39 is 12.0 Å². The van der Waals surface area contributed by atoms with Gasteiger partial charge in [0.25, 0.3) is 0 Å². The number of carbonyl (C=O) groups is 2. The van der Waals surface area contributed by atoms with Gasteiger partial charge in [0.1, 0.15) is 11.9 Å². The van der Waals surface area contributed by atoms with Gasteiger partial charge in [0, 0.05) is 12.2 Å². The van der Waals surface area contributed by atoms with E-state index in [1.165, 1.54) is 6.20 Å². The predicted molar refractivity (Wildman–Crippen MR) is 86.4 cm³/mol. The minimum atomic E-state index is -0.836. The lowest BCUT2D eigenvalue weighted by atomic mass is 9.85. The number of carboxylic acids is 1. The van der Waals surface area contributed by atoms with Gasteiger partial charge in [-0.15, -0.1) is 0 Å². The molecule has 1 aliphatic carbocycles. The molecule has 2 heterocycles. The summed E-state index contributed by atoms with van der Waals surface area (Å²) >= 11 is 5.77. The Hall–Kier alpha value is -1.66. The van der Waals surface area contributed by atoms with E-state index in [-0.39, 0.29) is 18.5 Å². The van der Waals surface area contributed by atoms with Gasteiger partial charge in [-0.1, -0.05) is 24.4 Å². The van der Waals surface area contributed by atoms with Gasteiger partial charge in [-0.25, -0.2) is 4.98 Å². The Balaban J connectivity index is 1.67. The van der Waals surface area contributed by atoms with Gasteiger partial charge in [-0.3, -0.25) is 14.5 Å². The van der Waals surface area contributed by atoms with Gasteiger partial charge < -0.3 is 10.4 Å². The third-order valence-electron chi connectivity index (χ3n) is 4.83. The van der Waals surface area contributed by atoms with Crippen molar-refractivity contribution in [2.75, 3.05) is 11.9 Å². The Labute approximate surface area is 139 Å². The van der Waals surface area contributed by atoms with Crippen LogP contribution in [0.5, 0.6) is 0 Å². The molecule has 7 heteroatoms. The van der Waals surface area contributed by atoms with Crippen LogP contribution in [0.1, 0.15) is 32.1 Å². The number of aromatic nitrogens is 1. The fourth-order valence-corrected chi connectivity index (χ4v) is 3.93. The molecule has 0 bridgehead atoms. The van der Waals surface area contributed by atoms with Crippen molar-refractivity contribution in [3.8, 4) is 0 Å². The molecule has 0 aromatic carbocycles. The molecule has 3 atom stereocenters. The zero-order chi connectivity index (χ0) is 16.4. The van der Waals surface area contributed by atoms with Crippen LogP contribution in [0, 0.1) is 5.92 Å². The van der Waals surface area contributed by atoms with E-state index in [9.17, 15) is 14.7 Å². The normalized spacial score (nSPS) is 27.4. The number of hydrogen-bond donors (Lipinski definition) is 2. The number of rotatable bonds is 4. The van der Waals surface area contributed by atoms with Gasteiger partial charge >= 0.3 is 5.97 Å². The average Bonchev–Trinajstić information content (AvgIpc) is 2.89. The summed E-state index contributed by atoms with van der Waals surface area (Å²) in [6.07, 6.45) is 6.40. The Morgan fingerprint density at radius 3 is 2.83 bits per heavy atom. The number of aliphatic carboxylic acids is 1. The van der Waals surface area contributed by atoms with Crippen molar-refractivity contribution in [2.45, 2.75) is 44.2 Å². The highest BCUT2D eigenvalue weighted by Gasteiger charge is 2.45. The van der Waals surface area contributed by atoms with Gasteiger partial charge in [0.15, 0.2) is 0 Å². The SMILES string of the molecule is O=C(CN1C(C(=O)O)CC2CCCCC21)Nc1ccc(Cl)cn1. The fraction of sp³-hybridized carbons (Fsp3) is 0.562. The van der Waals surface area contributed by atoms with Crippen molar-refractivity contribution in [1.29, 1.82) is 0 Å². The minimum Gasteiger partial charge on any atom is -0.480 e. The number of nitrogens with one attached hydrogen (secondary N) is 1. The van der Waals surface area contributed by atoms with Crippen molar-refractivity contribution < 1.29 is 14.7 Å². The second-order valence-corrected chi connectivity index (χ2v) is 6.72. The number of halogens is 1. The van der Waals surface area contributed by atoms with E-state index in [2.05, 4.69) is 10.3 Å². The number of carbonyl (C=O) groups excluding carboxylic acids is 1. The Kier molecular flexibility index (Phi) is 4.82. The summed E-state index contributed by atoms with van der Waals surface area (Å²) in [6, 6.07) is 2.92. The first-order valence-electron chi connectivity index (χ1n) is 7.94. The zero-order valence-electron chi connectivity index (χ0n) is 12.7. The molecular weight excluding hydrogens is 318 g/mol. The van der Waals surface area contributed by atoms with Crippen LogP contribution in [0.15, 0.2) is 18.3 Å². The number of amides is 1. The van der Waals surface area contributed by atoms with Crippen LogP contribution in [0.2, 0.25) is 5.02 Å². The molecule has 0 spiro atoms. The second-order valence-electron chi connectivity index (χ2n) is 6.28. The number of hydrogen-bond acceptors (Lipinski definition) is 4. The quantitative estimate of drug-likeness (QED) is 0.881. The Bertz CT molecular complexity index is 593. The molecule has 2 fully saturated rings. The largest absolute Gasteiger partial charge is 0.480 e. The first-order valence-corrected chi connectivity index (χ1v) is 8.32. The van der Waals surface area contributed by atoms with Gasteiger partial charge in [0.2, 0.25) is 5.91 Å². The molecular formula is C16H20ClN3O3. The van der Waals surface area contributed by atoms with Crippen molar-refractivity contribution in [1.82, 2.24) is 9.88 Å². The Morgan fingerprint density at radius 2 is 2.13 bits per heavy atom. The van der Waals surface area contributed by atoms with Crippen molar-refractivity contribution in [2.24, 2.45) is 5.92 Å². The summed E-state index contributed by atoms with van der Waals surface area (Å²) in [6.45, 7) is 0.0858. The van der Waals surface area contributed by atoms with Crippen LogP contribution >= 0.6 is 11.6 Å². The monoisotopic (exact) mass is 337 g/mol. The molecule has 6 nitrogen and oxygen atoms in total. The molecule has 124 valence electrons. The lowest BCUT2D eigenvalue weighted by Crippen LogP contribution is -2.46. The van der Waals surface area contributed by atoms with E-state index in [0.29, 0.717) is 23.2 Å². The summed E-state index contributed by atoms with van der Waals surface area (Å²) < 4.78 is 0. The van der Waals surface area contributed by atoms with E-state index in [0.717, 1.165) is 25.7 Å². The maximum absolute atomic E-state index is 12.3. The highest BCUT2D eigenvalue weighted by atomic mass is 35.5.